The van der Waals surface area contributed by atoms with Crippen LogP contribution in [0.1, 0.15) is 55.6 Å². The van der Waals surface area contributed by atoms with Gasteiger partial charge in [0, 0.05) is 25.6 Å². The molecule has 1 aromatic carbocycles. The quantitative estimate of drug-likeness (QED) is 0.863. The van der Waals surface area contributed by atoms with Crippen molar-refractivity contribution in [2.75, 3.05) is 13.2 Å². The molecule has 2 atom stereocenters. The summed E-state index contributed by atoms with van der Waals surface area (Å²) in [5, 5.41) is 0. The van der Waals surface area contributed by atoms with E-state index in [0.717, 1.165) is 62.4 Å². The summed E-state index contributed by atoms with van der Waals surface area (Å²) in [5.41, 5.74) is 2.23. The molecule has 1 aliphatic heterocycles. The zero-order valence-corrected chi connectivity index (χ0v) is 13.9. The summed E-state index contributed by atoms with van der Waals surface area (Å²) in [5.74, 6) is 7.62. The lowest BCUT2D eigenvalue weighted by Gasteiger charge is -2.32. The smallest absolute Gasteiger partial charge is 0.147 e. The van der Waals surface area contributed by atoms with Crippen molar-refractivity contribution in [1.29, 1.82) is 0 Å². The van der Waals surface area contributed by atoms with Gasteiger partial charge in [0.25, 0.3) is 0 Å². The van der Waals surface area contributed by atoms with Crippen LogP contribution in [0, 0.1) is 18.8 Å². The topological polar surface area (TPSA) is 61.6 Å². The summed E-state index contributed by atoms with van der Waals surface area (Å²) >= 11 is 0. The molecule has 4 heteroatoms. The van der Waals surface area contributed by atoms with Crippen molar-refractivity contribution in [2.45, 2.75) is 51.4 Å². The number of ketones is 1. The van der Waals surface area contributed by atoms with Crippen LogP contribution in [0.25, 0.3) is 0 Å². The highest BCUT2D eigenvalue weighted by Crippen LogP contribution is 2.38. The molecule has 1 saturated carbocycles. The molecule has 2 aliphatic rings. The van der Waals surface area contributed by atoms with Gasteiger partial charge in [-0.2, -0.15) is 5.90 Å². The summed E-state index contributed by atoms with van der Waals surface area (Å²) in [4.78, 5) is 17.4. The van der Waals surface area contributed by atoms with Crippen molar-refractivity contribution >= 4 is 5.78 Å². The minimum Gasteiger partial charge on any atom is -0.412 e. The van der Waals surface area contributed by atoms with Crippen LogP contribution in [0.2, 0.25) is 0 Å². The number of nitrogens with two attached hydrogens (primary N) is 1. The van der Waals surface area contributed by atoms with Gasteiger partial charge in [0.1, 0.15) is 11.5 Å². The van der Waals surface area contributed by atoms with Crippen molar-refractivity contribution in [2.24, 2.45) is 17.7 Å². The minimum absolute atomic E-state index is 0.0489. The Hall–Kier alpha value is -1.39. The average Bonchev–Trinajstić information content (AvgIpc) is 2.56. The van der Waals surface area contributed by atoms with Gasteiger partial charge in [-0.25, -0.2) is 0 Å². The van der Waals surface area contributed by atoms with Crippen LogP contribution in [0.3, 0.4) is 0 Å². The molecule has 1 aliphatic carbocycles. The first-order chi connectivity index (χ1) is 11.2. The lowest BCUT2D eigenvalue weighted by Crippen LogP contribution is -2.27. The van der Waals surface area contributed by atoms with Gasteiger partial charge in [-0.05, 0) is 74.1 Å². The molecule has 0 bridgehead atoms. The first kappa shape index (κ1) is 16.5. The standard InChI is InChI=1S/C19H27NO3/c1-13-10-16(23-20)3-5-17(13)18-4-2-15(12-19(18)21)11-14-6-8-22-9-7-14/h3,5,10,14-15,18H,2,4,6-9,11-12,20H2,1H3. The molecule has 2 fully saturated rings. The van der Waals surface area contributed by atoms with Crippen molar-refractivity contribution in [3.63, 3.8) is 0 Å². The van der Waals surface area contributed by atoms with E-state index in [2.05, 4.69) is 0 Å². The molecular weight excluding hydrogens is 290 g/mol. The number of Topliss-reactive ketones (excluding diaryl/α,β-unsaturated/α-hetero) is 1. The van der Waals surface area contributed by atoms with Crippen LogP contribution in [0.15, 0.2) is 18.2 Å². The lowest BCUT2D eigenvalue weighted by atomic mass is 9.73. The molecule has 23 heavy (non-hydrogen) atoms. The molecular formula is C19H27NO3. The second-order valence-corrected chi connectivity index (χ2v) is 7.09. The van der Waals surface area contributed by atoms with E-state index in [-0.39, 0.29) is 5.92 Å². The van der Waals surface area contributed by atoms with Crippen molar-refractivity contribution in [3.05, 3.63) is 29.3 Å². The third-order valence-corrected chi connectivity index (χ3v) is 5.50. The Kier molecular flexibility index (Phi) is 5.34. The number of benzene rings is 1. The molecule has 2 unspecified atom stereocenters. The first-order valence-corrected chi connectivity index (χ1v) is 8.75. The Morgan fingerprint density at radius 1 is 1.17 bits per heavy atom. The van der Waals surface area contributed by atoms with Crippen LogP contribution >= 0.6 is 0 Å². The Morgan fingerprint density at radius 2 is 1.96 bits per heavy atom. The van der Waals surface area contributed by atoms with Crippen LogP contribution < -0.4 is 10.7 Å². The number of hydrogen-bond acceptors (Lipinski definition) is 4. The maximum absolute atomic E-state index is 12.7. The molecule has 0 radical (unpaired) electrons. The minimum atomic E-state index is 0.0489. The van der Waals surface area contributed by atoms with E-state index < -0.39 is 0 Å². The molecule has 4 nitrogen and oxygen atoms in total. The summed E-state index contributed by atoms with van der Waals surface area (Å²) < 4.78 is 5.43. The van der Waals surface area contributed by atoms with Gasteiger partial charge in [0.05, 0.1) is 0 Å². The third kappa shape index (κ3) is 3.93. The predicted octanol–water partition coefficient (Wildman–Crippen LogP) is 3.52. The molecule has 0 aromatic heterocycles. The zero-order valence-electron chi connectivity index (χ0n) is 13.9. The van der Waals surface area contributed by atoms with Crippen LogP contribution in [0.4, 0.5) is 0 Å². The molecule has 0 spiro atoms. The fraction of sp³-hybridized carbons (Fsp3) is 0.632. The van der Waals surface area contributed by atoms with Gasteiger partial charge in [-0.15, -0.1) is 0 Å². The number of carbonyl (C=O) groups is 1. The number of rotatable bonds is 4. The molecule has 1 aromatic rings. The van der Waals surface area contributed by atoms with Gasteiger partial charge in [-0.1, -0.05) is 6.07 Å². The highest BCUT2D eigenvalue weighted by atomic mass is 16.6. The summed E-state index contributed by atoms with van der Waals surface area (Å²) in [7, 11) is 0. The molecule has 2 N–H and O–H groups in total. The summed E-state index contributed by atoms with van der Waals surface area (Å²) in [6.07, 6.45) is 6.37. The number of carbonyl (C=O) groups excluding carboxylic acids is 1. The molecule has 0 amide bonds. The summed E-state index contributed by atoms with van der Waals surface area (Å²) in [6, 6.07) is 5.76. The molecule has 1 heterocycles. The maximum atomic E-state index is 12.7. The van der Waals surface area contributed by atoms with Gasteiger partial charge in [-0.3, -0.25) is 4.79 Å². The average molecular weight is 317 g/mol. The van der Waals surface area contributed by atoms with E-state index in [1.54, 1.807) is 0 Å². The second kappa shape index (κ2) is 7.45. The van der Waals surface area contributed by atoms with Crippen molar-refractivity contribution < 1.29 is 14.4 Å². The van der Waals surface area contributed by atoms with E-state index in [0.29, 0.717) is 17.5 Å². The van der Waals surface area contributed by atoms with Gasteiger partial charge in [0.15, 0.2) is 0 Å². The van der Waals surface area contributed by atoms with Gasteiger partial charge in [0.2, 0.25) is 0 Å². The SMILES string of the molecule is Cc1cc(ON)ccc1C1CCC(CC2CCOCC2)CC1=O. The monoisotopic (exact) mass is 317 g/mol. The van der Waals surface area contributed by atoms with E-state index >= 15 is 0 Å². The first-order valence-electron chi connectivity index (χ1n) is 8.75. The van der Waals surface area contributed by atoms with E-state index in [9.17, 15) is 4.79 Å². The molecule has 1 saturated heterocycles. The third-order valence-electron chi connectivity index (χ3n) is 5.50. The second-order valence-electron chi connectivity index (χ2n) is 7.09. The number of ether oxygens (including phenoxy) is 1. The largest absolute Gasteiger partial charge is 0.412 e. The maximum Gasteiger partial charge on any atom is 0.147 e. The normalized spacial score (nSPS) is 26.3. The molecule has 126 valence electrons. The Bertz CT molecular complexity index is 552. The lowest BCUT2D eigenvalue weighted by molar-refractivity contribution is -0.123. The molecule has 3 rings (SSSR count). The Morgan fingerprint density at radius 3 is 2.61 bits per heavy atom. The van der Waals surface area contributed by atoms with E-state index in [1.807, 2.05) is 25.1 Å². The van der Waals surface area contributed by atoms with Crippen LogP contribution in [-0.2, 0) is 9.53 Å². The Balaban J connectivity index is 1.61. The summed E-state index contributed by atoms with van der Waals surface area (Å²) in [6.45, 7) is 3.81. The fourth-order valence-corrected chi connectivity index (χ4v) is 4.19. The van der Waals surface area contributed by atoms with Crippen molar-refractivity contribution in [3.8, 4) is 5.75 Å². The highest BCUT2D eigenvalue weighted by Gasteiger charge is 2.32. The van der Waals surface area contributed by atoms with Gasteiger partial charge >= 0.3 is 0 Å². The Labute approximate surface area is 138 Å². The van der Waals surface area contributed by atoms with E-state index in [1.165, 1.54) is 6.42 Å². The fourth-order valence-electron chi connectivity index (χ4n) is 4.19. The van der Waals surface area contributed by atoms with E-state index in [4.69, 9.17) is 15.5 Å². The number of aryl methyl sites for hydroxylation is 1. The van der Waals surface area contributed by atoms with Crippen LogP contribution in [-0.4, -0.2) is 19.0 Å². The van der Waals surface area contributed by atoms with Crippen molar-refractivity contribution in [1.82, 2.24) is 0 Å². The zero-order chi connectivity index (χ0) is 16.2. The van der Waals surface area contributed by atoms with Crippen LogP contribution in [0.5, 0.6) is 5.75 Å². The predicted molar refractivity (Wildman–Crippen MR) is 89.2 cm³/mol. The number of hydrogen-bond donors (Lipinski definition) is 1. The van der Waals surface area contributed by atoms with Gasteiger partial charge < -0.3 is 9.57 Å². The highest BCUT2D eigenvalue weighted by molar-refractivity contribution is 5.87.